The first-order valence-electron chi connectivity index (χ1n) is 10.7. The Bertz CT molecular complexity index is 1250. The molecule has 0 saturated carbocycles. The van der Waals surface area contributed by atoms with Crippen LogP contribution in [0.15, 0.2) is 60.7 Å². The summed E-state index contributed by atoms with van der Waals surface area (Å²) in [7, 11) is -0.360. The van der Waals surface area contributed by atoms with Gasteiger partial charge in [0.25, 0.3) is 5.91 Å². The third-order valence-corrected chi connectivity index (χ3v) is 6.48. The zero-order chi connectivity index (χ0) is 24.9. The molecule has 3 rings (SSSR count). The van der Waals surface area contributed by atoms with Gasteiger partial charge in [0.15, 0.2) is 11.5 Å². The lowest BCUT2D eigenvalue weighted by Gasteiger charge is -2.23. The number of hydrogen-bond acceptors (Lipinski definition) is 5. The normalized spacial score (nSPS) is 11.1. The second kappa shape index (κ2) is 10.6. The van der Waals surface area contributed by atoms with Gasteiger partial charge in [0.05, 0.1) is 32.7 Å². The van der Waals surface area contributed by atoms with Crippen molar-refractivity contribution in [3.8, 4) is 11.5 Å². The van der Waals surface area contributed by atoms with Crippen LogP contribution < -0.4 is 19.1 Å². The highest BCUT2D eigenvalue weighted by molar-refractivity contribution is 7.92. The maximum atomic E-state index is 12.6. The highest BCUT2D eigenvalue weighted by Gasteiger charge is 2.19. The number of amides is 1. The van der Waals surface area contributed by atoms with Crippen LogP contribution in [0.25, 0.3) is 0 Å². The summed E-state index contributed by atoms with van der Waals surface area (Å²) in [6, 6.07) is 18.1. The van der Waals surface area contributed by atoms with Crippen LogP contribution in [0.2, 0.25) is 0 Å². The highest BCUT2D eigenvalue weighted by Crippen LogP contribution is 2.27. The molecule has 0 aromatic heterocycles. The zero-order valence-electron chi connectivity index (χ0n) is 20.1. The number of methoxy groups -OCH3 is 2. The zero-order valence-corrected chi connectivity index (χ0v) is 20.9. The molecule has 0 heterocycles. The molecule has 0 spiro atoms. The average Bonchev–Trinajstić information content (AvgIpc) is 2.79. The van der Waals surface area contributed by atoms with Gasteiger partial charge in [0.2, 0.25) is 10.0 Å². The first kappa shape index (κ1) is 25.1. The molecule has 0 unspecified atom stereocenters. The van der Waals surface area contributed by atoms with Crippen LogP contribution in [0.3, 0.4) is 0 Å². The predicted octanol–water partition coefficient (Wildman–Crippen LogP) is 4.22. The third-order valence-electron chi connectivity index (χ3n) is 5.34. The van der Waals surface area contributed by atoms with Crippen LogP contribution in [0, 0.1) is 13.8 Å². The van der Waals surface area contributed by atoms with E-state index in [4.69, 9.17) is 9.47 Å². The summed E-state index contributed by atoms with van der Waals surface area (Å²) < 4.78 is 36.9. The summed E-state index contributed by atoms with van der Waals surface area (Å²) in [5, 5.41) is 2.89. The Morgan fingerprint density at radius 3 is 2.00 bits per heavy atom. The van der Waals surface area contributed by atoms with Gasteiger partial charge in [0.1, 0.15) is 0 Å². The van der Waals surface area contributed by atoms with Gasteiger partial charge >= 0.3 is 0 Å². The molecule has 0 radical (unpaired) electrons. The molecule has 0 atom stereocenters. The van der Waals surface area contributed by atoms with Crippen LogP contribution >= 0.6 is 0 Å². The minimum Gasteiger partial charge on any atom is -0.493 e. The molecule has 0 saturated heterocycles. The molecule has 0 aliphatic carbocycles. The topological polar surface area (TPSA) is 84.9 Å². The maximum absolute atomic E-state index is 12.6. The molecule has 1 amide bonds. The van der Waals surface area contributed by atoms with Crippen LogP contribution in [0.1, 0.15) is 32.6 Å². The number of benzene rings is 3. The molecule has 0 bridgehead atoms. The van der Waals surface area contributed by atoms with E-state index < -0.39 is 10.0 Å². The van der Waals surface area contributed by atoms with Crippen molar-refractivity contribution < 1.29 is 22.7 Å². The van der Waals surface area contributed by atoms with Gasteiger partial charge < -0.3 is 14.8 Å². The van der Waals surface area contributed by atoms with Crippen molar-refractivity contribution in [2.75, 3.05) is 24.8 Å². The number of carbonyl (C=O) groups is 1. The second-order valence-electron chi connectivity index (χ2n) is 8.18. The van der Waals surface area contributed by atoms with Crippen molar-refractivity contribution in [3.63, 3.8) is 0 Å². The number of nitrogens with one attached hydrogen (secondary N) is 1. The minimum absolute atomic E-state index is 0.176. The van der Waals surface area contributed by atoms with E-state index in [-0.39, 0.29) is 12.5 Å². The van der Waals surface area contributed by atoms with Crippen LogP contribution in [0.4, 0.5) is 5.69 Å². The second-order valence-corrected chi connectivity index (χ2v) is 10.1. The van der Waals surface area contributed by atoms with Gasteiger partial charge in [-0.3, -0.25) is 9.10 Å². The van der Waals surface area contributed by atoms with Gasteiger partial charge in [-0.15, -0.1) is 0 Å². The third kappa shape index (κ3) is 6.29. The van der Waals surface area contributed by atoms with Crippen molar-refractivity contribution in [1.29, 1.82) is 0 Å². The van der Waals surface area contributed by atoms with E-state index in [2.05, 4.69) is 5.32 Å². The van der Waals surface area contributed by atoms with E-state index in [0.29, 0.717) is 29.3 Å². The summed E-state index contributed by atoms with van der Waals surface area (Å²) in [5.74, 6) is 0.991. The number of anilines is 1. The summed E-state index contributed by atoms with van der Waals surface area (Å²) in [6.45, 7) is 4.38. The fourth-order valence-corrected chi connectivity index (χ4v) is 4.57. The van der Waals surface area contributed by atoms with E-state index in [1.807, 2.05) is 44.2 Å². The average molecular weight is 483 g/mol. The number of nitrogens with zero attached hydrogens (tertiary/aromatic N) is 1. The fourth-order valence-electron chi connectivity index (χ4n) is 3.70. The molecular formula is C26H30N2O5S. The lowest BCUT2D eigenvalue weighted by Crippen LogP contribution is -2.29. The monoisotopic (exact) mass is 482 g/mol. The standard InChI is InChI=1S/C26H30N2O5S/c1-18-12-19(2)14-23(13-18)28(34(5,30)31)17-20-6-9-22(10-7-20)26(29)27-16-21-8-11-24(32-3)25(15-21)33-4/h6-15H,16-17H2,1-5H3,(H,27,29). The van der Waals surface area contributed by atoms with Gasteiger partial charge in [0, 0.05) is 12.1 Å². The first-order chi connectivity index (χ1) is 16.1. The quantitative estimate of drug-likeness (QED) is 0.494. The summed E-state index contributed by atoms with van der Waals surface area (Å²) >= 11 is 0. The first-order valence-corrected chi connectivity index (χ1v) is 12.6. The predicted molar refractivity (Wildman–Crippen MR) is 134 cm³/mol. The van der Waals surface area contributed by atoms with E-state index in [9.17, 15) is 13.2 Å². The highest BCUT2D eigenvalue weighted by atomic mass is 32.2. The minimum atomic E-state index is -3.49. The van der Waals surface area contributed by atoms with Crippen LogP contribution in [0.5, 0.6) is 11.5 Å². The Morgan fingerprint density at radius 2 is 1.44 bits per heavy atom. The summed E-state index contributed by atoms with van der Waals surface area (Å²) in [4.78, 5) is 12.6. The smallest absolute Gasteiger partial charge is 0.251 e. The number of sulfonamides is 1. The molecule has 0 aliphatic rings. The van der Waals surface area contributed by atoms with Crippen molar-refractivity contribution in [2.24, 2.45) is 0 Å². The van der Waals surface area contributed by atoms with Gasteiger partial charge in [-0.05, 0) is 72.5 Å². The van der Waals surface area contributed by atoms with Crippen LogP contribution in [-0.2, 0) is 23.1 Å². The van der Waals surface area contributed by atoms with Crippen molar-refractivity contribution in [2.45, 2.75) is 26.9 Å². The maximum Gasteiger partial charge on any atom is 0.251 e. The molecule has 180 valence electrons. The number of hydrogen-bond donors (Lipinski definition) is 1. The largest absolute Gasteiger partial charge is 0.493 e. The van der Waals surface area contributed by atoms with Gasteiger partial charge in [-0.1, -0.05) is 24.3 Å². The molecule has 8 heteroatoms. The molecule has 34 heavy (non-hydrogen) atoms. The molecular weight excluding hydrogens is 452 g/mol. The summed E-state index contributed by atoms with van der Waals surface area (Å²) in [6.07, 6.45) is 1.20. The van der Waals surface area contributed by atoms with E-state index in [0.717, 1.165) is 22.3 Å². The lowest BCUT2D eigenvalue weighted by molar-refractivity contribution is 0.0951. The van der Waals surface area contributed by atoms with Gasteiger partial charge in [-0.2, -0.15) is 0 Å². The van der Waals surface area contributed by atoms with Crippen molar-refractivity contribution in [1.82, 2.24) is 5.32 Å². The molecule has 3 aromatic carbocycles. The molecule has 0 aliphatic heterocycles. The molecule has 3 aromatic rings. The number of ether oxygens (including phenoxy) is 2. The Kier molecular flexibility index (Phi) is 7.83. The number of aryl methyl sites for hydroxylation is 2. The van der Waals surface area contributed by atoms with E-state index >= 15 is 0 Å². The number of carbonyl (C=O) groups excluding carboxylic acids is 1. The van der Waals surface area contributed by atoms with Gasteiger partial charge in [-0.25, -0.2) is 8.42 Å². The van der Waals surface area contributed by atoms with E-state index in [1.165, 1.54) is 10.6 Å². The molecule has 1 N–H and O–H groups in total. The van der Waals surface area contributed by atoms with E-state index in [1.54, 1.807) is 44.6 Å². The lowest BCUT2D eigenvalue weighted by atomic mass is 10.1. The van der Waals surface area contributed by atoms with Crippen molar-refractivity contribution >= 4 is 21.6 Å². The van der Waals surface area contributed by atoms with Crippen molar-refractivity contribution in [3.05, 3.63) is 88.5 Å². The Morgan fingerprint density at radius 1 is 0.853 bits per heavy atom. The molecule has 7 nitrogen and oxygen atoms in total. The fraction of sp³-hybridized carbons (Fsp3) is 0.269. The summed E-state index contributed by atoms with van der Waals surface area (Å²) in [5.41, 5.74) is 4.74. The van der Waals surface area contributed by atoms with Crippen LogP contribution in [-0.4, -0.2) is 34.8 Å². The number of rotatable bonds is 9. The Hall–Kier alpha value is -3.52. The SMILES string of the molecule is COc1ccc(CNC(=O)c2ccc(CN(c3cc(C)cc(C)c3)S(C)(=O)=O)cc2)cc1OC. The Balaban J connectivity index is 1.70. The Labute approximate surface area is 201 Å². The molecule has 0 fully saturated rings.